The van der Waals surface area contributed by atoms with Crippen LogP contribution < -0.4 is 5.32 Å². The topological polar surface area (TPSA) is 74.0 Å². The van der Waals surface area contributed by atoms with Crippen LogP contribution in [0.25, 0.3) is 10.6 Å². The van der Waals surface area contributed by atoms with Crippen molar-refractivity contribution in [3.05, 3.63) is 63.6 Å². The van der Waals surface area contributed by atoms with E-state index in [1.807, 2.05) is 41.8 Å². The van der Waals surface area contributed by atoms with E-state index in [0.29, 0.717) is 34.6 Å². The molecule has 166 valence electrons. The van der Waals surface area contributed by atoms with E-state index < -0.39 is 0 Å². The first kappa shape index (κ1) is 22.5. The smallest absolute Gasteiger partial charge is 0.271 e. The Balaban J connectivity index is 1.63. The quantitative estimate of drug-likeness (QED) is 0.565. The number of piperidine rings is 1. The predicted octanol–water partition coefficient (Wildman–Crippen LogP) is 4.79. The minimum absolute atomic E-state index is 0.0908. The number of halogens is 1. The standard InChI is InChI=1S/C24H26ClN5OS/c1-16(2)29-11-9-19(10-12-29)27-24(31)23-20(14-26)22(21-4-3-13-32-21)28-30(23)15-17-5-7-18(25)8-6-17/h3-8,13,16,19H,9-12,15H2,1-2H3,(H,27,31). The Labute approximate surface area is 197 Å². The lowest BCUT2D eigenvalue weighted by atomic mass is 10.0. The van der Waals surface area contributed by atoms with Crippen LogP contribution in [-0.2, 0) is 6.54 Å². The number of rotatable bonds is 6. The summed E-state index contributed by atoms with van der Waals surface area (Å²) in [6.45, 7) is 6.68. The number of carbonyl (C=O) groups is 1. The molecular weight excluding hydrogens is 442 g/mol. The highest BCUT2D eigenvalue weighted by Crippen LogP contribution is 2.29. The molecule has 0 radical (unpaired) electrons. The molecule has 32 heavy (non-hydrogen) atoms. The number of hydrogen-bond donors (Lipinski definition) is 1. The number of aromatic nitrogens is 2. The summed E-state index contributed by atoms with van der Waals surface area (Å²) in [4.78, 5) is 16.7. The average Bonchev–Trinajstić information content (AvgIpc) is 3.43. The fourth-order valence-corrected chi connectivity index (χ4v) is 4.92. The zero-order valence-corrected chi connectivity index (χ0v) is 19.8. The summed E-state index contributed by atoms with van der Waals surface area (Å²) < 4.78 is 1.65. The summed E-state index contributed by atoms with van der Waals surface area (Å²) in [6, 6.07) is 14.1. The molecule has 1 amide bonds. The summed E-state index contributed by atoms with van der Waals surface area (Å²) in [5.74, 6) is -0.242. The first-order valence-electron chi connectivity index (χ1n) is 10.8. The lowest BCUT2D eigenvalue weighted by Gasteiger charge is -2.34. The molecule has 0 atom stereocenters. The first-order chi connectivity index (χ1) is 15.5. The van der Waals surface area contributed by atoms with Gasteiger partial charge >= 0.3 is 0 Å². The maximum Gasteiger partial charge on any atom is 0.271 e. The molecule has 0 unspecified atom stereocenters. The second-order valence-electron chi connectivity index (χ2n) is 8.32. The molecule has 0 spiro atoms. The zero-order chi connectivity index (χ0) is 22.7. The molecule has 1 aromatic carbocycles. The maximum absolute atomic E-state index is 13.4. The van der Waals surface area contributed by atoms with Crippen molar-refractivity contribution >= 4 is 28.8 Å². The highest BCUT2D eigenvalue weighted by Gasteiger charge is 2.28. The third kappa shape index (κ3) is 4.88. The normalized spacial score (nSPS) is 15.1. The van der Waals surface area contributed by atoms with Gasteiger partial charge in [0.05, 0.1) is 11.4 Å². The Morgan fingerprint density at radius 1 is 1.28 bits per heavy atom. The van der Waals surface area contributed by atoms with Gasteiger partial charge < -0.3 is 10.2 Å². The molecule has 3 heterocycles. The summed E-state index contributed by atoms with van der Waals surface area (Å²) >= 11 is 7.53. The Bertz CT molecular complexity index is 1110. The van der Waals surface area contributed by atoms with E-state index in [2.05, 4.69) is 30.1 Å². The monoisotopic (exact) mass is 467 g/mol. The van der Waals surface area contributed by atoms with Gasteiger partial charge in [-0.05, 0) is 55.8 Å². The van der Waals surface area contributed by atoms with Crippen LogP contribution in [0.1, 0.15) is 48.3 Å². The van der Waals surface area contributed by atoms with Gasteiger partial charge in [0, 0.05) is 30.2 Å². The highest BCUT2D eigenvalue weighted by molar-refractivity contribution is 7.13. The van der Waals surface area contributed by atoms with E-state index in [9.17, 15) is 10.1 Å². The van der Waals surface area contributed by atoms with Crippen LogP contribution in [0.4, 0.5) is 0 Å². The number of thiophene rings is 1. The summed E-state index contributed by atoms with van der Waals surface area (Å²) in [6.07, 6.45) is 1.80. The van der Waals surface area contributed by atoms with Gasteiger partial charge in [-0.3, -0.25) is 9.48 Å². The van der Waals surface area contributed by atoms with Crippen molar-refractivity contribution in [1.29, 1.82) is 5.26 Å². The molecule has 1 aliphatic rings. The van der Waals surface area contributed by atoms with E-state index in [4.69, 9.17) is 16.7 Å². The molecule has 3 aromatic rings. The Kier molecular flexibility index (Phi) is 6.95. The second kappa shape index (κ2) is 9.86. The third-order valence-electron chi connectivity index (χ3n) is 5.87. The lowest BCUT2D eigenvalue weighted by Crippen LogP contribution is -2.47. The van der Waals surface area contributed by atoms with Crippen molar-refractivity contribution in [3.63, 3.8) is 0 Å². The number of nitrogens with zero attached hydrogens (tertiary/aromatic N) is 4. The number of likely N-dealkylation sites (tertiary alicyclic amines) is 1. The summed E-state index contributed by atoms with van der Waals surface area (Å²) in [5.41, 5.74) is 2.14. The SMILES string of the molecule is CC(C)N1CCC(NC(=O)c2c(C#N)c(-c3cccs3)nn2Cc2ccc(Cl)cc2)CC1. The number of hydrogen-bond acceptors (Lipinski definition) is 5. The van der Waals surface area contributed by atoms with Gasteiger partial charge in [0.2, 0.25) is 0 Å². The third-order valence-corrected chi connectivity index (χ3v) is 7.00. The van der Waals surface area contributed by atoms with Gasteiger partial charge in [-0.25, -0.2) is 0 Å². The van der Waals surface area contributed by atoms with Crippen molar-refractivity contribution in [2.45, 2.75) is 45.3 Å². The molecule has 2 aromatic heterocycles. The number of carbonyl (C=O) groups excluding carboxylic acids is 1. The molecule has 0 bridgehead atoms. The molecule has 8 heteroatoms. The van der Waals surface area contributed by atoms with Crippen LogP contribution >= 0.6 is 22.9 Å². The molecule has 6 nitrogen and oxygen atoms in total. The van der Waals surface area contributed by atoms with E-state index in [-0.39, 0.29) is 11.9 Å². The number of nitrogens with one attached hydrogen (secondary N) is 1. The van der Waals surface area contributed by atoms with Crippen molar-refractivity contribution < 1.29 is 4.79 Å². The van der Waals surface area contributed by atoms with Crippen molar-refractivity contribution in [3.8, 4) is 16.6 Å². The van der Waals surface area contributed by atoms with E-state index >= 15 is 0 Å². The number of amides is 1. The number of benzene rings is 1. The zero-order valence-electron chi connectivity index (χ0n) is 18.2. The van der Waals surface area contributed by atoms with Gasteiger partial charge in [0.1, 0.15) is 23.0 Å². The molecule has 4 rings (SSSR count). The molecule has 0 saturated carbocycles. The van der Waals surface area contributed by atoms with Crippen LogP contribution in [0.15, 0.2) is 41.8 Å². The van der Waals surface area contributed by atoms with Crippen molar-refractivity contribution in [2.24, 2.45) is 0 Å². The summed E-state index contributed by atoms with van der Waals surface area (Å²) in [5, 5.41) is 20.4. The Morgan fingerprint density at radius 3 is 2.59 bits per heavy atom. The fraction of sp³-hybridized carbons (Fsp3) is 0.375. The molecule has 1 saturated heterocycles. The van der Waals surface area contributed by atoms with Crippen molar-refractivity contribution in [1.82, 2.24) is 20.0 Å². The first-order valence-corrected chi connectivity index (χ1v) is 12.1. The summed E-state index contributed by atoms with van der Waals surface area (Å²) in [7, 11) is 0. The molecule has 1 N–H and O–H groups in total. The molecule has 1 fully saturated rings. The number of nitriles is 1. The van der Waals surface area contributed by atoms with Gasteiger partial charge in [-0.2, -0.15) is 10.4 Å². The van der Waals surface area contributed by atoms with E-state index in [1.54, 1.807) is 4.68 Å². The largest absolute Gasteiger partial charge is 0.348 e. The molecule has 0 aliphatic carbocycles. The lowest BCUT2D eigenvalue weighted by molar-refractivity contribution is 0.0890. The van der Waals surface area contributed by atoms with Gasteiger partial charge in [0.15, 0.2) is 0 Å². The maximum atomic E-state index is 13.4. The second-order valence-corrected chi connectivity index (χ2v) is 9.71. The van der Waals surface area contributed by atoms with Crippen LogP contribution in [0, 0.1) is 11.3 Å². The molecule has 1 aliphatic heterocycles. The fourth-order valence-electron chi connectivity index (χ4n) is 4.08. The van der Waals surface area contributed by atoms with E-state index in [1.165, 1.54) is 11.3 Å². The molecular formula is C24H26ClN5OS. The minimum atomic E-state index is -0.242. The van der Waals surface area contributed by atoms with Gasteiger partial charge in [-0.1, -0.05) is 29.8 Å². The minimum Gasteiger partial charge on any atom is -0.348 e. The van der Waals surface area contributed by atoms with Gasteiger partial charge in [-0.15, -0.1) is 11.3 Å². The highest BCUT2D eigenvalue weighted by atomic mass is 35.5. The van der Waals surface area contributed by atoms with Crippen LogP contribution in [0.2, 0.25) is 5.02 Å². The van der Waals surface area contributed by atoms with Gasteiger partial charge in [0.25, 0.3) is 5.91 Å². The van der Waals surface area contributed by atoms with Crippen LogP contribution in [0.5, 0.6) is 0 Å². The van der Waals surface area contributed by atoms with Crippen molar-refractivity contribution in [2.75, 3.05) is 13.1 Å². The van der Waals surface area contributed by atoms with Crippen LogP contribution in [-0.4, -0.2) is 45.8 Å². The predicted molar refractivity (Wildman–Crippen MR) is 128 cm³/mol. The van der Waals surface area contributed by atoms with Crippen LogP contribution in [0.3, 0.4) is 0 Å². The Morgan fingerprint density at radius 2 is 2.00 bits per heavy atom. The Hall–Kier alpha value is -2.66. The van der Waals surface area contributed by atoms with E-state index in [0.717, 1.165) is 36.4 Å². The average molecular weight is 468 g/mol.